The Hall–Kier alpha value is -4.14. The van der Waals surface area contributed by atoms with E-state index in [1.54, 1.807) is 45.0 Å². The minimum absolute atomic E-state index is 0.0843. The molecule has 1 saturated heterocycles. The number of carbonyl (C=O) groups is 2. The number of anilines is 1. The quantitative estimate of drug-likeness (QED) is 0.433. The van der Waals surface area contributed by atoms with Crippen molar-refractivity contribution >= 4 is 40.3 Å². The van der Waals surface area contributed by atoms with Gasteiger partial charge in [-0.15, -0.1) is 0 Å². The van der Waals surface area contributed by atoms with Crippen molar-refractivity contribution in [3.8, 4) is 11.8 Å². The summed E-state index contributed by atoms with van der Waals surface area (Å²) in [5.74, 6) is -0.320. The second kappa shape index (κ2) is 11.3. The largest absolute Gasteiger partial charge is 0.505 e. The Kier molecular flexibility index (Phi) is 8.09. The molecule has 1 fully saturated rings. The molecule has 12 heteroatoms. The number of halogens is 1. The predicted octanol–water partition coefficient (Wildman–Crippen LogP) is 3.21. The number of pyridine rings is 2. The van der Waals surface area contributed by atoms with Crippen molar-refractivity contribution in [2.24, 2.45) is 0 Å². The lowest BCUT2D eigenvalue weighted by Gasteiger charge is -2.41. The van der Waals surface area contributed by atoms with Gasteiger partial charge in [0.1, 0.15) is 11.4 Å². The third-order valence-corrected chi connectivity index (χ3v) is 6.54. The van der Waals surface area contributed by atoms with Crippen LogP contribution in [0.25, 0.3) is 10.9 Å². The molecule has 4 rings (SSSR count). The minimum atomic E-state index is -0.643. The Bertz CT molecular complexity index is 1450. The molecule has 0 spiro atoms. The zero-order chi connectivity index (χ0) is 28.3. The Morgan fingerprint density at radius 1 is 1.26 bits per heavy atom. The van der Waals surface area contributed by atoms with E-state index >= 15 is 0 Å². The van der Waals surface area contributed by atoms with Gasteiger partial charge in [-0.1, -0.05) is 17.7 Å². The number of aliphatic hydroxyl groups is 1. The van der Waals surface area contributed by atoms with Crippen molar-refractivity contribution in [3.63, 3.8) is 0 Å². The molecule has 0 radical (unpaired) electrons. The summed E-state index contributed by atoms with van der Waals surface area (Å²) in [6.45, 7) is 6.36. The highest BCUT2D eigenvalue weighted by Gasteiger charge is 2.33. The van der Waals surface area contributed by atoms with Gasteiger partial charge < -0.3 is 25.2 Å². The van der Waals surface area contributed by atoms with Gasteiger partial charge in [0.05, 0.1) is 36.0 Å². The molecule has 2 aromatic heterocycles. The van der Waals surface area contributed by atoms with E-state index in [-0.39, 0.29) is 24.6 Å². The Morgan fingerprint density at radius 3 is 2.69 bits per heavy atom. The third kappa shape index (κ3) is 6.30. The Morgan fingerprint density at radius 2 is 2.03 bits per heavy atom. The van der Waals surface area contributed by atoms with Crippen molar-refractivity contribution in [1.82, 2.24) is 20.2 Å². The zero-order valence-electron chi connectivity index (χ0n) is 21.8. The highest BCUT2D eigenvalue weighted by molar-refractivity contribution is 6.31. The summed E-state index contributed by atoms with van der Waals surface area (Å²) >= 11 is 6.17. The summed E-state index contributed by atoms with van der Waals surface area (Å²) in [5, 5.41) is 33.0. The van der Waals surface area contributed by atoms with Crippen LogP contribution >= 0.6 is 11.6 Å². The fraction of sp³-hybridized carbons (Fsp3) is 0.370. The molecule has 0 bridgehead atoms. The molecule has 1 aliphatic rings. The molecule has 1 atom stereocenters. The van der Waals surface area contributed by atoms with Crippen LogP contribution in [0.1, 0.15) is 42.4 Å². The maximum atomic E-state index is 12.7. The first-order valence-corrected chi connectivity index (χ1v) is 12.7. The van der Waals surface area contributed by atoms with Crippen molar-refractivity contribution in [2.75, 3.05) is 31.1 Å². The van der Waals surface area contributed by atoms with Crippen LogP contribution < -0.4 is 10.2 Å². The molecule has 1 unspecified atom stereocenters. The molecule has 204 valence electrons. The highest BCUT2D eigenvalue weighted by Crippen LogP contribution is 2.29. The van der Waals surface area contributed by atoms with Crippen LogP contribution in [-0.4, -0.2) is 75.0 Å². The molecular formula is C27H29ClN6O5. The average Bonchev–Trinajstić information content (AvgIpc) is 2.90. The summed E-state index contributed by atoms with van der Waals surface area (Å²) in [6.07, 6.45) is 0.928. The smallest absolute Gasteiger partial charge is 0.410 e. The fourth-order valence-corrected chi connectivity index (χ4v) is 4.47. The first-order valence-electron chi connectivity index (χ1n) is 12.3. The van der Waals surface area contributed by atoms with Crippen LogP contribution in [0.3, 0.4) is 0 Å². The lowest BCUT2D eigenvalue weighted by atomic mass is 10.1. The molecule has 11 nitrogen and oxygen atoms in total. The number of carbonyl (C=O) groups excluding carboxylic acids is 2. The van der Waals surface area contributed by atoms with Gasteiger partial charge in [-0.3, -0.25) is 9.69 Å². The van der Waals surface area contributed by atoms with E-state index in [0.717, 1.165) is 0 Å². The number of fused-ring (bicyclic) bond motifs is 1. The van der Waals surface area contributed by atoms with E-state index in [2.05, 4.69) is 15.3 Å². The molecule has 0 aliphatic carbocycles. The molecule has 1 aliphatic heterocycles. The van der Waals surface area contributed by atoms with Crippen molar-refractivity contribution < 1.29 is 24.5 Å². The summed E-state index contributed by atoms with van der Waals surface area (Å²) < 4.78 is 5.46. The summed E-state index contributed by atoms with van der Waals surface area (Å²) in [5.41, 5.74) is 0.603. The van der Waals surface area contributed by atoms with E-state index < -0.39 is 23.6 Å². The number of ether oxygens (including phenoxy) is 1. The summed E-state index contributed by atoms with van der Waals surface area (Å²) in [7, 11) is 0. The van der Waals surface area contributed by atoms with Gasteiger partial charge in [-0.05, 0) is 50.6 Å². The number of benzene rings is 1. The van der Waals surface area contributed by atoms with E-state index in [4.69, 9.17) is 21.6 Å². The Balaban J connectivity index is 1.47. The number of amides is 2. The third-order valence-electron chi connectivity index (χ3n) is 6.19. The van der Waals surface area contributed by atoms with Gasteiger partial charge in [-0.2, -0.15) is 5.26 Å². The maximum absolute atomic E-state index is 12.7. The minimum Gasteiger partial charge on any atom is -0.505 e. The molecule has 0 saturated carbocycles. The first-order chi connectivity index (χ1) is 18.5. The van der Waals surface area contributed by atoms with E-state index in [1.165, 1.54) is 17.2 Å². The molecule has 3 aromatic rings. The van der Waals surface area contributed by atoms with Gasteiger partial charge in [-0.25, -0.2) is 14.8 Å². The van der Waals surface area contributed by atoms with Gasteiger partial charge in [0.25, 0.3) is 5.91 Å². The van der Waals surface area contributed by atoms with Crippen LogP contribution in [0.4, 0.5) is 10.6 Å². The lowest BCUT2D eigenvalue weighted by molar-refractivity contribution is 0.00698. The molecular weight excluding hydrogens is 524 g/mol. The molecule has 1 aromatic carbocycles. The molecule has 2 amide bonds. The normalized spacial score (nSPS) is 15.6. The fourth-order valence-electron chi connectivity index (χ4n) is 4.22. The number of hydrogen-bond donors (Lipinski definition) is 3. The van der Waals surface area contributed by atoms with Crippen molar-refractivity contribution in [1.29, 1.82) is 5.26 Å². The molecule has 39 heavy (non-hydrogen) atoms. The number of nitrogens with zero attached hydrogens (tertiary/aromatic N) is 5. The maximum Gasteiger partial charge on any atom is 0.410 e. The Labute approximate surface area is 230 Å². The SMILES string of the molecule is CC(C)(C)OC(=O)N1CCN(c2ccc3c(O)c(C(=O)NCc4ccc(C#N)cc4Cl)ncc3n2)CC1CO. The van der Waals surface area contributed by atoms with Crippen molar-refractivity contribution in [3.05, 3.63) is 58.4 Å². The lowest BCUT2D eigenvalue weighted by Crippen LogP contribution is -2.57. The number of rotatable bonds is 5. The van der Waals surface area contributed by atoms with Gasteiger partial charge in [0.15, 0.2) is 11.4 Å². The molecule has 3 N–H and O–H groups in total. The topological polar surface area (TPSA) is 152 Å². The van der Waals surface area contributed by atoms with E-state index in [0.29, 0.717) is 52.5 Å². The highest BCUT2D eigenvalue weighted by atomic mass is 35.5. The van der Waals surface area contributed by atoms with Crippen LogP contribution in [0, 0.1) is 11.3 Å². The summed E-state index contributed by atoms with van der Waals surface area (Å²) in [4.78, 5) is 37.5. The predicted molar refractivity (Wildman–Crippen MR) is 145 cm³/mol. The average molecular weight is 553 g/mol. The van der Waals surface area contributed by atoms with E-state index in [1.807, 2.05) is 11.0 Å². The number of aliphatic hydroxyl groups excluding tert-OH is 1. The van der Waals surface area contributed by atoms with Crippen LogP contribution in [0.5, 0.6) is 5.75 Å². The number of piperazine rings is 1. The second-order valence-corrected chi connectivity index (χ2v) is 10.5. The van der Waals surface area contributed by atoms with Crippen LogP contribution in [0.2, 0.25) is 5.02 Å². The van der Waals surface area contributed by atoms with Crippen LogP contribution in [-0.2, 0) is 11.3 Å². The van der Waals surface area contributed by atoms with Gasteiger partial charge in [0.2, 0.25) is 0 Å². The van der Waals surface area contributed by atoms with Gasteiger partial charge >= 0.3 is 6.09 Å². The monoisotopic (exact) mass is 552 g/mol. The number of nitrogens with one attached hydrogen (secondary N) is 1. The van der Waals surface area contributed by atoms with Crippen LogP contribution in [0.15, 0.2) is 36.5 Å². The zero-order valence-corrected chi connectivity index (χ0v) is 22.6. The number of nitriles is 1. The standard InChI is InChI=1S/C27H29ClN6O5/c1-27(2,3)39-26(38)34-9-8-33(14-18(34)15-35)22-7-6-19-21(32-22)13-30-23(24(19)36)25(37)31-12-17-5-4-16(11-29)10-20(17)28/h4-7,10,13,18,35-36H,8-9,12,14-15H2,1-3H3,(H,31,37). The second-order valence-electron chi connectivity index (χ2n) is 10.1. The number of aromatic nitrogens is 2. The first kappa shape index (κ1) is 27.9. The van der Waals surface area contributed by atoms with Crippen molar-refractivity contribution in [2.45, 2.75) is 39.0 Å². The van der Waals surface area contributed by atoms with Gasteiger partial charge in [0, 0.05) is 36.6 Å². The molecule has 3 heterocycles. The number of hydrogen-bond acceptors (Lipinski definition) is 9. The number of aromatic hydroxyl groups is 1. The summed E-state index contributed by atoms with van der Waals surface area (Å²) in [6, 6.07) is 9.64. The van der Waals surface area contributed by atoms with E-state index in [9.17, 15) is 19.8 Å².